The maximum atomic E-state index is 12.9. The molecule has 3 heterocycles. The van der Waals surface area contributed by atoms with Crippen LogP contribution in [0.25, 0.3) is 0 Å². The van der Waals surface area contributed by atoms with Crippen LogP contribution in [0.4, 0.5) is 13.2 Å². The highest BCUT2D eigenvalue weighted by molar-refractivity contribution is 5.79. The van der Waals surface area contributed by atoms with Crippen molar-refractivity contribution in [2.24, 2.45) is 0 Å². The zero-order valence-electron chi connectivity index (χ0n) is 15.3. The first-order valence-electron chi connectivity index (χ1n) is 9.36. The van der Waals surface area contributed by atoms with Gasteiger partial charge in [0.2, 0.25) is 17.6 Å². The lowest BCUT2D eigenvalue weighted by Crippen LogP contribution is -2.42. The Balaban J connectivity index is 1.54. The number of carbonyl (C=O) groups is 2. The summed E-state index contributed by atoms with van der Waals surface area (Å²) in [4.78, 5) is 28.0. The molecule has 0 radical (unpaired) electrons. The summed E-state index contributed by atoms with van der Waals surface area (Å²) in [6.45, 7) is 3.41. The summed E-state index contributed by atoms with van der Waals surface area (Å²) >= 11 is 0. The van der Waals surface area contributed by atoms with Crippen LogP contribution in [-0.2, 0) is 22.3 Å². The van der Waals surface area contributed by atoms with E-state index in [0.29, 0.717) is 12.8 Å². The van der Waals surface area contributed by atoms with Crippen LogP contribution in [0.5, 0.6) is 0 Å². The summed E-state index contributed by atoms with van der Waals surface area (Å²) in [5.41, 5.74) is 0. The number of carbonyl (C=O) groups excluding carboxylic acids is 2. The van der Waals surface area contributed by atoms with Gasteiger partial charge in [0.25, 0.3) is 0 Å². The molecule has 0 N–H and O–H groups in total. The van der Waals surface area contributed by atoms with Crippen LogP contribution >= 0.6 is 0 Å². The zero-order valence-corrected chi connectivity index (χ0v) is 15.3. The fourth-order valence-electron chi connectivity index (χ4n) is 3.77. The van der Waals surface area contributed by atoms with Crippen molar-refractivity contribution in [3.05, 3.63) is 11.6 Å². The van der Waals surface area contributed by atoms with E-state index < -0.39 is 18.0 Å². The van der Waals surface area contributed by atoms with E-state index in [9.17, 15) is 22.8 Å². The summed E-state index contributed by atoms with van der Waals surface area (Å²) in [6, 6.07) is -0.576. The molecule has 0 aromatic carbocycles. The van der Waals surface area contributed by atoms with Crippen molar-refractivity contribution < 1.29 is 22.8 Å². The molecule has 1 aromatic rings. The largest absolute Gasteiger partial charge is 0.451 e. The maximum absolute atomic E-state index is 12.9. The first-order chi connectivity index (χ1) is 12.8. The number of likely N-dealkylation sites (tertiary alicyclic amines) is 1. The van der Waals surface area contributed by atoms with Gasteiger partial charge in [0.15, 0.2) is 5.82 Å². The molecule has 27 heavy (non-hydrogen) atoms. The molecule has 2 aliphatic rings. The number of piperidine rings is 1. The van der Waals surface area contributed by atoms with Crippen LogP contribution in [0.1, 0.15) is 63.1 Å². The normalized spacial score (nSPS) is 20.5. The molecule has 0 saturated carbocycles. The number of amides is 2. The minimum atomic E-state index is -4.56. The minimum Gasteiger partial charge on any atom is -0.343 e. The third-order valence-corrected chi connectivity index (χ3v) is 5.25. The summed E-state index contributed by atoms with van der Waals surface area (Å²) in [5, 5.41) is 6.90. The number of rotatable bonds is 4. The molecule has 7 nitrogen and oxygen atoms in total. The second-order valence-corrected chi connectivity index (χ2v) is 7.09. The molecule has 0 aliphatic carbocycles. The Morgan fingerprint density at radius 1 is 1.00 bits per heavy atom. The van der Waals surface area contributed by atoms with Crippen molar-refractivity contribution in [3.63, 3.8) is 0 Å². The monoisotopic (exact) mass is 387 g/mol. The molecular weight excluding hydrogens is 363 g/mol. The first kappa shape index (κ1) is 19.6. The third kappa shape index (κ3) is 4.24. The van der Waals surface area contributed by atoms with Gasteiger partial charge in [-0.1, -0.05) is 0 Å². The molecule has 150 valence electrons. The van der Waals surface area contributed by atoms with Crippen molar-refractivity contribution in [1.29, 1.82) is 0 Å². The van der Waals surface area contributed by atoms with Crippen LogP contribution in [0, 0.1) is 0 Å². The predicted molar refractivity (Wildman–Crippen MR) is 89.4 cm³/mol. The Labute approximate surface area is 155 Å². The van der Waals surface area contributed by atoms with E-state index in [-0.39, 0.29) is 37.1 Å². The molecule has 10 heteroatoms. The van der Waals surface area contributed by atoms with Gasteiger partial charge in [-0.2, -0.15) is 13.2 Å². The number of nitrogens with zero attached hydrogens (tertiary/aromatic N) is 5. The lowest BCUT2D eigenvalue weighted by atomic mass is 10.1. The number of fused-ring (bicyclic) bond motifs is 1. The molecule has 1 fully saturated rings. The Hall–Kier alpha value is -2.13. The van der Waals surface area contributed by atoms with Crippen LogP contribution in [0.3, 0.4) is 0 Å². The highest BCUT2D eigenvalue weighted by atomic mass is 19.4. The van der Waals surface area contributed by atoms with Crippen molar-refractivity contribution in [2.75, 3.05) is 19.6 Å². The van der Waals surface area contributed by atoms with Gasteiger partial charge in [-0.3, -0.25) is 9.59 Å². The second kappa shape index (κ2) is 7.85. The van der Waals surface area contributed by atoms with Crippen LogP contribution < -0.4 is 0 Å². The van der Waals surface area contributed by atoms with Crippen LogP contribution in [-0.4, -0.2) is 56.0 Å². The second-order valence-electron chi connectivity index (χ2n) is 7.09. The van der Waals surface area contributed by atoms with Gasteiger partial charge >= 0.3 is 6.18 Å². The number of alkyl halides is 3. The number of hydrogen-bond acceptors (Lipinski definition) is 4. The lowest BCUT2D eigenvalue weighted by molar-refractivity contribution is -0.148. The van der Waals surface area contributed by atoms with E-state index in [1.54, 1.807) is 6.92 Å². The highest BCUT2D eigenvalue weighted by Crippen LogP contribution is 2.32. The molecule has 1 atom stereocenters. The van der Waals surface area contributed by atoms with E-state index in [1.807, 2.05) is 4.90 Å². The predicted octanol–water partition coefficient (Wildman–Crippen LogP) is 2.38. The summed E-state index contributed by atoms with van der Waals surface area (Å²) < 4.78 is 39.9. The highest BCUT2D eigenvalue weighted by Gasteiger charge is 2.41. The van der Waals surface area contributed by atoms with Gasteiger partial charge in [-0.05, 0) is 32.6 Å². The Bertz CT molecular complexity index is 697. The number of halogens is 3. The average molecular weight is 387 g/mol. The van der Waals surface area contributed by atoms with E-state index in [1.165, 1.54) is 4.90 Å². The number of hydrogen-bond donors (Lipinski definition) is 0. The van der Waals surface area contributed by atoms with E-state index in [0.717, 1.165) is 36.9 Å². The molecule has 2 amide bonds. The Morgan fingerprint density at radius 3 is 2.33 bits per heavy atom. The Kier molecular flexibility index (Phi) is 5.71. The Morgan fingerprint density at radius 2 is 1.67 bits per heavy atom. The van der Waals surface area contributed by atoms with Crippen molar-refractivity contribution in [3.8, 4) is 0 Å². The third-order valence-electron chi connectivity index (χ3n) is 5.25. The lowest BCUT2D eigenvalue weighted by Gasteiger charge is -2.34. The van der Waals surface area contributed by atoms with Crippen LogP contribution in [0.2, 0.25) is 0 Å². The SMILES string of the molecule is CC1c2nnc(C(F)(F)F)n2CCN1C(=O)CCCC(=O)N1CCCCC1. The van der Waals surface area contributed by atoms with Crippen LogP contribution in [0.15, 0.2) is 0 Å². The van der Waals surface area contributed by atoms with Crippen molar-refractivity contribution in [1.82, 2.24) is 24.6 Å². The van der Waals surface area contributed by atoms with Gasteiger partial charge < -0.3 is 14.4 Å². The van der Waals surface area contributed by atoms with Crippen molar-refractivity contribution in [2.45, 2.75) is 64.2 Å². The van der Waals surface area contributed by atoms with Crippen molar-refractivity contribution >= 4 is 11.8 Å². The van der Waals surface area contributed by atoms with Gasteiger partial charge in [0, 0.05) is 39.0 Å². The van der Waals surface area contributed by atoms with Gasteiger partial charge in [-0.25, -0.2) is 0 Å². The molecule has 2 aliphatic heterocycles. The first-order valence-corrected chi connectivity index (χ1v) is 9.36. The molecule has 0 spiro atoms. The maximum Gasteiger partial charge on any atom is 0.451 e. The number of aromatic nitrogens is 3. The van der Waals surface area contributed by atoms with Gasteiger partial charge in [-0.15, -0.1) is 10.2 Å². The molecule has 1 unspecified atom stereocenters. The molecule has 1 aromatic heterocycles. The molecule has 3 rings (SSSR count). The van der Waals surface area contributed by atoms with E-state index >= 15 is 0 Å². The fraction of sp³-hybridized carbons (Fsp3) is 0.765. The summed E-state index contributed by atoms with van der Waals surface area (Å²) in [7, 11) is 0. The van der Waals surface area contributed by atoms with E-state index in [4.69, 9.17) is 0 Å². The fourth-order valence-corrected chi connectivity index (χ4v) is 3.77. The smallest absolute Gasteiger partial charge is 0.343 e. The van der Waals surface area contributed by atoms with Gasteiger partial charge in [0.05, 0.1) is 6.04 Å². The minimum absolute atomic E-state index is 0.0139. The summed E-state index contributed by atoms with van der Waals surface area (Å²) in [6.07, 6.45) is -0.403. The summed E-state index contributed by atoms with van der Waals surface area (Å²) in [5.74, 6) is -0.976. The molecular formula is C17H24F3N5O2. The average Bonchev–Trinajstić information content (AvgIpc) is 3.08. The van der Waals surface area contributed by atoms with Gasteiger partial charge in [0.1, 0.15) is 0 Å². The standard InChI is InChI=1S/C17H24F3N5O2/c1-12-15-21-22-16(17(18,19)20)25(15)11-10-24(12)14(27)7-5-6-13(26)23-8-3-2-4-9-23/h12H,2-11H2,1H3. The molecule has 1 saturated heterocycles. The zero-order chi connectivity index (χ0) is 19.6. The molecule has 0 bridgehead atoms. The van der Waals surface area contributed by atoms with E-state index in [2.05, 4.69) is 10.2 Å². The topological polar surface area (TPSA) is 71.3 Å². The quantitative estimate of drug-likeness (QED) is 0.795.